The number of hydrogen-bond acceptors (Lipinski definition) is 4. The lowest BCUT2D eigenvalue weighted by atomic mass is 10.1. The van der Waals surface area contributed by atoms with Crippen molar-refractivity contribution in [3.05, 3.63) is 22.2 Å². The van der Waals surface area contributed by atoms with Gasteiger partial charge in [-0.1, -0.05) is 15.9 Å². The lowest BCUT2D eigenvalue weighted by Crippen LogP contribution is -2.27. The van der Waals surface area contributed by atoms with Crippen molar-refractivity contribution < 1.29 is 14.3 Å². The summed E-state index contributed by atoms with van der Waals surface area (Å²) in [5.41, 5.74) is 6.37. The van der Waals surface area contributed by atoms with Crippen LogP contribution in [0.2, 0.25) is 0 Å². The minimum atomic E-state index is -0.106. The molecule has 0 fully saturated rings. The Kier molecular flexibility index (Phi) is 5.25. The van der Waals surface area contributed by atoms with E-state index in [-0.39, 0.29) is 11.9 Å². The van der Waals surface area contributed by atoms with Crippen molar-refractivity contribution in [1.82, 2.24) is 5.32 Å². The second-order valence-electron chi connectivity index (χ2n) is 4.70. The maximum Gasteiger partial charge on any atom is 0.220 e. The van der Waals surface area contributed by atoms with Gasteiger partial charge in [-0.05, 0) is 37.6 Å². The van der Waals surface area contributed by atoms with E-state index in [9.17, 15) is 4.79 Å². The molecule has 0 radical (unpaired) electrons. The molecule has 0 saturated carbocycles. The molecule has 0 aliphatic carbocycles. The highest BCUT2D eigenvalue weighted by Gasteiger charge is 2.19. The number of hydrogen-bond donors (Lipinski definition) is 2. The summed E-state index contributed by atoms with van der Waals surface area (Å²) in [6, 6.07) is 3.68. The zero-order valence-electron chi connectivity index (χ0n) is 11.4. The minimum Gasteiger partial charge on any atom is -0.486 e. The zero-order chi connectivity index (χ0) is 14.5. The molecule has 1 heterocycles. The van der Waals surface area contributed by atoms with Crippen LogP contribution in [-0.4, -0.2) is 25.7 Å². The lowest BCUT2D eigenvalue weighted by Gasteiger charge is -2.22. The van der Waals surface area contributed by atoms with Gasteiger partial charge in [-0.15, -0.1) is 0 Å². The quantitative estimate of drug-likeness (QED) is 0.859. The van der Waals surface area contributed by atoms with Gasteiger partial charge in [-0.3, -0.25) is 4.79 Å². The molecule has 1 atom stereocenters. The van der Waals surface area contributed by atoms with Crippen LogP contribution < -0.4 is 20.5 Å². The van der Waals surface area contributed by atoms with Crippen molar-refractivity contribution >= 4 is 21.8 Å². The van der Waals surface area contributed by atoms with Gasteiger partial charge in [0.15, 0.2) is 11.5 Å². The lowest BCUT2D eigenvalue weighted by molar-refractivity contribution is -0.121. The Balaban J connectivity index is 2.09. The normalized spacial score (nSPS) is 14.8. The fourth-order valence-corrected chi connectivity index (χ4v) is 2.73. The van der Waals surface area contributed by atoms with Gasteiger partial charge < -0.3 is 20.5 Å². The van der Waals surface area contributed by atoms with Gasteiger partial charge in [-0.2, -0.15) is 0 Å². The molecule has 3 N–H and O–H groups in total. The third kappa shape index (κ3) is 3.64. The number of ether oxygens (including phenoxy) is 2. The Morgan fingerprint density at radius 2 is 2.05 bits per heavy atom. The highest BCUT2D eigenvalue weighted by Crippen LogP contribution is 2.37. The SMILES string of the molecule is CC(NC(=O)CCCN)c1cc2c(cc1Br)OCCO2. The molecule has 1 aliphatic rings. The van der Waals surface area contributed by atoms with Gasteiger partial charge in [0.2, 0.25) is 5.91 Å². The summed E-state index contributed by atoms with van der Waals surface area (Å²) in [6.07, 6.45) is 1.14. The molecule has 6 heteroatoms. The summed E-state index contributed by atoms with van der Waals surface area (Å²) < 4.78 is 12.0. The van der Waals surface area contributed by atoms with Crippen LogP contribution in [0.3, 0.4) is 0 Å². The Hall–Kier alpha value is -1.27. The molecule has 5 nitrogen and oxygen atoms in total. The third-order valence-corrected chi connectivity index (χ3v) is 3.80. The first-order valence-electron chi connectivity index (χ1n) is 6.70. The van der Waals surface area contributed by atoms with E-state index in [1.54, 1.807) is 0 Å². The molecule has 1 amide bonds. The summed E-state index contributed by atoms with van der Waals surface area (Å²) in [4.78, 5) is 11.7. The van der Waals surface area contributed by atoms with Crippen LogP contribution in [0.15, 0.2) is 16.6 Å². The zero-order valence-corrected chi connectivity index (χ0v) is 13.0. The molecular formula is C14H19BrN2O3. The Labute approximate surface area is 126 Å². The van der Waals surface area contributed by atoms with Gasteiger partial charge in [0.05, 0.1) is 6.04 Å². The van der Waals surface area contributed by atoms with E-state index in [2.05, 4.69) is 21.2 Å². The largest absolute Gasteiger partial charge is 0.486 e. The number of nitrogens with one attached hydrogen (secondary N) is 1. The maximum absolute atomic E-state index is 11.7. The number of carbonyl (C=O) groups excluding carboxylic acids is 1. The van der Waals surface area contributed by atoms with Crippen molar-refractivity contribution in [2.75, 3.05) is 19.8 Å². The van der Waals surface area contributed by atoms with Gasteiger partial charge in [0.25, 0.3) is 0 Å². The molecule has 0 spiro atoms. The minimum absolute atomic E-state index is 0.00439. The van der Waals surface area contributed by atoms with Gasteiger partial charge >= 0.3 is 0 Å². The van der Waals surface area contributed by atoms with Crippen molar-refractivity contribution in [2.24, 2.45) is 5.73 Å². The van der Waals surface area contributed by atoms with Crippen LogP contribution >= 0.6 is 15.9 Å². The predicted molar refractivity (Wildman–Crippen MR) is 80.0 cm³/mol. The van der Waals surface area contributed by atoms with Gasteiger partial charge in [-0.25, -0.2) is 0 Å². The number of carbonyl (C=O) groups is 1. The van der Waals surface area contributed by atoms with Crippen molar-refractivity contribution in [1.29, 1.82) is 0 Å². The first kappa shape index (κ1) is 15.1. The highest BCUT2D eigenvalue weighted by molar-refractivity contribution is 9.10. The molecule has 2 rings (SSSR count). The van der Waals surface area contributed by atoms with E-state index in [4.69, 9.17) is 15.2 Å². The third-order valence-electron chi connectivity index (χ3n) is 3.11. The predicted octanol–water partition coefficient (Wildman–Crippen LogP) is 2.14. The van der Waals surface area contributed by atoms with Crippen LogP contribution in [0, 0.1) is 0 Å². The summed E-state index contributed by atoms with van der Waals surface area (Å²) in [6.45, 7) is 3.57. The second kappa shape index (κ2) is 6.95. The van der Waals surface area contributed by atoms with Crippen molar-refractivity contribution in [3.8, 4) is 11.5 Å². The molecule has 1 unspecified atom stereocenters. The summed E-state index contributed by atoms with van der Waals surface area (Å²) >= 11 is 3.51. The van der Waals surface area contributed by atoms with E-state index >= 15 is 0 Å². The number of benzene rings is 1. The average molecular weight is 343 g/mol. The maximum atomic E-state index is 11.7. The van der Waals surface area contributed by atoms with E-state index in [1.165, 1.54) is 0 Å². The number of amides is 1. The fraction of sp³-hybridized carbons (Fsp3) is 0.500. The van der Waals surface area contributed by atoms with E-state index in [1.807, 2.05) is 19.1 Å². The molecular weight excluding hydrogens is 324 g/mol. The first-order valence-corrected chi connectivity index (χ1v) is 7.49. The van der Waals surface area contributed by atoms with Crippen LogP contribution in [0.4, 0.5) is 0 Å². The summed E-state index contributed by atoms with van der Waals surface area (Å²) in [7, 11) is 0. The van der Waals surface area contributed by atoms with Crippen LogP contribution in [0.1, 0.15) is 31.4 Å². The van der Waals surface area contributed by atoms with E-state index in [0.717, 1.165) is 21.5 Å². The Morgan fingerprint density at radius 3 is 2.70 bits per heavy atom. The second-order valence-corrected chi connectivity index (χ2v) is 5.55. The first-order chi connectivity index (χ1) is 9.61. The number of nitrogens with two attached hydrogens (primary N) is 1. The monoisotopic (exact) mass is 342 g/mol. The molecule has 1 aromatic rings. The highest BCUT2D eigenvalue weighted by atomic mass is 79.9. The van der Waals surface area contributed by atoms with E-state index < -0.39 is 0 Å². The molecule has 0 bridgehead atoms. The van der Waals surface area contributed by atoms with Crippen LogP contribution in [0.5, 0.6) is 11.5 Å². The number of halogens is 1. The number of fused-ring (bicyclic) bond motifs is 1. The molecule has 0 aromatic heterocycles. The van der Waals surface area contributed by atoms with Gasteiger partial charge in [0.1, 0.15) is 13.2 Å². The van der Waals surface area contributed by atoms with Gasteiger partial charge in [0, 0.05) is 10.9 Å². The fourth-order valence-electron chi connectivity index (χ4n) is 2.07. The smallest absolute Gasteiger partial charge is 0.220 e. The number of rotatable bonds is 5. The summed E-state index contributed by atoms with van der Waals surface area (Å²) in [5.74, 6) is 1.45. The Morgan fingerprint density at radius 1 is 1.40 bits per heavy atom. The molecule has 20 heavy (non-hydrogen) atoms. The van der Waals surface area contributed by atoms with Crippen LogP contribution in [-0.2, 0) is 4.79 Å². The van der Waals surface area contributed by atoms with Crippen molar-refractivity contribution in [2.45, 2.75) is 25.8 Å². The Bertz CT molecular complexity index is 494. The van der Waals surface area contributed by atoms with E-state index in [0.29, 0.717) is 32.6 Å². The molecule has 1 aliphatic heterocycles. The standard InChI is InChI=1S/C14H19BrN2O3/c1-9(17-14(18)3-2-4-16)10-7-12-13(8-11(10)15)20-6-5-19-12/h7-9H,2-6,16H2,1H3,(H,17,18). The average Bonchev–Trinajstić information content (AvgIpc) is 2.44. The molecule has 1 aromatic carbocycles. The molecule has 0 saturated heterocycles. The van der Waals surface area contributed by atoms with Crippen molar-refractivity contribution in [3.63, 3.8) is 0 Å². The topological polar surface area (TPSA) is 73.6 Å². The van der Waals surface area contributed by atoms with Crippen LogP contribution in [0.25, 0.3) is 0 Å². The molecule has 110 valence electrons. The summed E-state index contributed by atoms with van der Waals surface area (Å²) in [5, 5.41) is 2.96.